The van der Waals surface area contributed by atoms with Gasteiger partial charge in [0.25, 0.3) is 11.8 Å². The van der Waals surface area contributed by atoms with E-state index in [4.69, 9.17) is 4.74 Å². The van der Waals surface area contributed by atoms with Crippen molar-refractivity contribution in [2.24, 2.45) is 0 Å². The Morgan fingerprint density at radius 3 is 2.09 bits per heavy atom. The number of benzene rings is 3. The molecule has 0 radical (unpaired) electrons. The Morgan fingerprint density at radius 2 is 1.41 bits per heavy atom. The maximum absolute atomic E-state index is 13.8. The van der Waals surface area contributed by atoms with Crippen molar-refractivity contribution in [1.82, 2.24) is 4.90 Å². The van der Waals surface area contributed by atoms with E-state index in [1.165, 1.54) is 35.0 Å². The average molecular weight is 434 g/mol. The summed E-state index contributed by atoms with van der Waals surface area (Å²) in [6, 6.07) is 21.4. The molecular formula is C25H23FN2O4. The smallest absolute Gasteiger partial charge is 0.339 e. The van der Waals surface area contributed by atoms with Gasteiger partial charge in [0.05, 0.1) is 11.1 Å². The first-order valence-corrected chi connectivity index (χ1v) is 9.95. The van der Waals surface area contributed by atoms with Gasteiger partial charge in [-0.25, -0.2) is 9.18 Å². The average Bonchev–Trinajstić information content (AvgIpc) is 2.83. The summed E-state index contributed by atoms with van der Waals surface area (Å²) in [5.41, 5.74) is 1.25. The van der Waals surface area contributed by atoms with Crippen LogP contribution in [-0.4, -0.2) is 43.4 Å². The molecule has 0 aliphatic carbocycles. The molecule has 0 saturated heterocycles. The first kappa shape index (κ1) is 22.7. The second kappa shape index (κ2) is 10.3. The number of nitrogens with zero attached hydrogens (tertiary/aromatic N) is 2. The van der Waals surface area contributed by atoms with Crippen LogP contribution < -0.4 is 4.90 Å². The molecule has 3 rings (SSSR count). The minimum Gasteiger partial charge on any atom is -0.452 e. The normalized spacial score (nSPS) is 10.3. The number of rotatable bonds is 7. The zero-order valence-electron chi connectivity index (χ0n) is 17.8. The van der Waals surface area contributed by atoms with Crippen molar-refractivity contribution >= 4 is 23.5 Å². The lowest BCUT2D eigenvalue weighted by Gasteiger charge is -2.19. The first-order valence-electron chi connectivity index (χ1n) is 9.95. The Kier molecular flexibility index (Phi) is 7.33. The summed E-state index contributed by atoms with van der Waals surface area (Å²) in [5, 5.41) is 0. The van der Waals surface area contributed by atoms with E-state index >= 15 is 0 Å². The van der Waals surface area contributed by atoms with E-state index in [1.807, 2.05) is 18.2 Å². The molecule has 2 amide bonds. The van der Waals surface area contributed by atoms with Crippen LogP contribution in [0.1, 0.15) is 26.3 Å². The molecule has 7 heteroatoms. The van der Waals surface area contributed by atoms with Gasteiger partial charge in [-0.2, -0.15) is 0 Å². The van der Waals surface area contributed by atoms with Gasteiger partial charge in [0, 0.05) is 31.9 Å². The van der Waals surface area contributed by atoms with E-state index in [9.17, 15) is 18.8 Å². The Hall–Kier alpha value is -4.00. The minimum absolute atomic E-state index is 0.0417. The maximum Gasteiger partial charge on any atom is 0.339 e. The van der Waals surface area contributed by atoms with Crippen LogP contribution in [0.4, 0.5) is 10.1 Å². The fourth-order valence-electron chi connectivity index (χ4n) is 3.08. The Bertz CT molecular complexity index is 1120. The number of carbonyl (C=O) groups is 3. The van der Waals surface area contributed by atoms with E-state index in [-0.39, 0.29) is 23.6 Å². The summed E-state index contributed by atoms with van der Waals surface area (Å²) in [4.78, 5) is 40.7. The summed E-state index contributed by atoms with van der Waals surface area (Å²) in [5.74, 6) is -2.08. The molecule has 0 bridgehead atoms. The second-order valence-corrected chi connectivity index (χ2v) is 7.16. The van der Waals surface area contributed by atoms with Crippen LogP contribution in [0, 0.1) is 5.82 Å². The fourth-order valence-corrected chi connectivity index (χ4v) is 3.08. The van der Waals surface area contributed by atoms with Gasteiger partial charge in [-0.15, -0.1) is 0 Å². The number of esters is 1. The number of anilines is 1. The van der Waals surface area contributed by atoms with Gasteiger partial charge >= 0.3 is 5.97 Å². The predicted molar refractivity (Wildman–Crippen MR) is 119 cm³/mol. The molecule has 6 nitrogen and oxygen atoms in total. The van der Waals surface area contributed by atoms with Crippen LogP contribution in [0.15, 0.2) is 78.9 Å². The van der Waals surface area contributed by atoms with Crippen molar-refractivity contribution in [3.8, 4) is 0 Å². The van der Waals surface area contributed by atoms with Crippen LogP contribution in [-0.2, 0) is 16.1 Å². The molecule has 0 unspecified atom stereocenters. The third kappa shape index (κ3) is 5.37. The zero-order valence-corrected chi connectivity index (χ0v) is 17.8. The molecule has 0 aliphatic rings. The van der Waals surface area contributed by atoms with E-state index in [2.05, 4.69) is 0 Å². The second-order valence-electron chi connectivity index (χ2n) is 7.16. The first-order chi connectivity index (χ1) is 15.4. The number of para-hydroxylation sites is 1. The number of hydrogen-bond donors (Lipinski definition) is 0. The lowest BCUT2D eigenvalue weighted by atomic mass is 10.1. The molecule has 0 heterocycles. The summed E-state index contributed by atoms with van der Waals surface area (Å²) in [7, 11) is 3.11. The summed E-state index contributed by atoms with van der Waals surface area (Å²) in [6.07, 6.45) is 0. The van der Waals surface area contributed by atoms with Gasteiger partial charge in [0.15, 0.2) is 6.61 Å². The molecule has 0 atom stereocenters. The number of halogens is 1. The van der Waals surface area contributed by atoms with Crippen LogP contribution in [0.2, 0.25) is 0 Å². The molecule has 164 valence electrons. The number of ether oxygens (including phenoxy) is 1. The SMILES string of the molecule is CN(Cc1ccccc1F)C(=O)COC(=O)c1ccccc1C(=O)N(C)c1ccccc1. The quantitative estimate of drug-likeness (QED) is 0.529. The van der Waals surface area contributed by atoms with Gasteiger partial charge < -0.3 is 14.5 Å². The van der Waals surface area contributed by atoms with E-state index in [0.29, 0.717) is 11.3 Å². The number of carbonyl (C=O) groups excluding carboxylic acids is 3. The van der Waals surface area contributed by atoms with E-state index in [0.717, 1.165) is 0 Å². The monoisotopic (exact) mass is 434 g/mol. The Labute approximate surface area is 185 Å². The molecule has 0 aliphatic heterocycles. The summed E-state index contributed by atoms with van der Waals surface area (Å²) >= 11 is 0. The fraction of sp³-hybridized carbons (Fsp3) is 0.160. The highest BCUT2D eigenvalue weighted by molar-refractivity contribution is 6.12. The lowest BCUT2D eigenvalue weighted by molar-refractivity contribution is -0.133. The molecule has 3 aromatic carbocycles. The molecular weight excluding hydrogens is 411 g/mol. The molecule has 3 aromatic rings. The number of hydrogen-bond acceptors (Lipinski definition) is 4. The largest absolute Gasteiger partial charge is 0.452 e. The Balaban J connectivity index is 1.66. The van der Waals surface area contributed by atoms with Crippen molar-refractivity contribution in [3.05, 3.63) is 101 Å². The van der Waals surface area contributed by atoms with Gasteiger partial charge in [0.2, 0.25) is 0 Å². The van der Waals surface area contributed by atoms with Crippen LogP contribution in [0.3, 0.4) is 0 Å². The molecule has 0 spiro atoms. The summed E-state index contributed by atoms with van der Waals surface area (Å²) < 4.78 is 19.0. The van der Waals surface area contributed by atoms with Gasteiger partial charge in [0.1, 0.15) is 5.82 Å². The topological polar surface area (TPSA) is 66.9 Å². The highest BCUT2D eigenvalue weighted by atomic mass is 19.1. The van der Waals surface area contributed by atoms with E-state index < -0.39 is 24.3 Å². The van der Waals surface area contributed by atoms with Crippen molar-refractivity contribution in [2.45, 2.75) is 6.54 Å². The zero-order chi connectivity index (χ0) is 23.1. The van der Waals surface area contributed by atoms with Gasteiger partial charge in [-0.05, 0) is 30.3 Å². The van der Waals surface area contributed by atoms with Crippen LogP contribution in [0.25, 0.3) is 0 Å². The van der Waals surface area contributed by atoms with Gasteiger partial charge in [-0.3, -0.25) is 9.59 Å². The predicted octanol–water partition coefficient (Wildman–Crippen LogP) is 3.92. The van der Waals surface area contributed by atoms with Crippen molar-refractivity contribution in [2.75, 3.05) is 25.6 Å². The number of amides is 2. The molecule has 0 aromatic heterocycles. The van der Waals surface area contributed by atoms with Crippen LogP contribution in [0.5, 0.6) is 0 Å². The third-order valence-electron chi connectivity index (χ3n) is 4.94. The highest BCUT2D eigenvalue weighted by Crippen LogP contribution is 2.18. The van der Waals surface area contributed by atoms with E-state index in [1.54, 1.807) is 49.5 Å². The lowest BCUT2D eigenvalue weighted by Crippen LogP contribution is -2.32. The van der Waals surface area contributed by atoms with Crippen molar-refractivity contribution < 1.29 is 23.5 Å². The maximum atomic E-state index is 13.8. The molecule has 0 fully saturated rings. The highest BCUT2D eigenvalue weighted by Gasteiger charge is 2.22. The van der Waals surface area contributed by atoms with Crippen molar-refractivity contribution in [1.29, 1.82) is 0 Å². The van der Waals surface area contributed by atoms with Crippen molar-refractivity contribution in [3.63, 3.8) is 0 Å². The minimum atomic E-state index is -0.789. The molecule has 32 heavy (non-hydrogen) atoms. The van der Waals surface area contributed by atoms with Gasteiger partial charge in [-0.1, -0.05) is 48.5 Å². The summed E-state index contributed by atoms with van der Waals surface area (Å²) in [6.45, 7) is -0.485. The Morgan fingerprint density at radius 1 is 0.812 bits per heavy atom. The third-order valence-corrected chi connectivity index (χ3v) is 4.94. The molecule has 0 N–H and O–H groups in total. The standard InChI is InChI=1S/C25H23FN2O4/c1-27(16-18-10-6-9-15-22(18)26)23(29)17-32-25(31)21-14-8-7-13-20(21)24(30)28(2)19-11-4-3-5-12-19/h3-15H,16-17H2,1-2H3. The van der Waals surface area contributed by atoms with Crippen LogP contribution >= 0.6 is 0 Å². The molecule has 0 saturated carbocycles. The number of likely N-dealkylation sites (N-methyl/N-ethyl adjacent to an activating group) is 1.